The van der Waals surface area contributed by atoms with E-state index in [1.165, 1.54) is 5.56 Å². The SMILES string of the molecule is COc1ccc(CCN=C(N)Nc2ccc(C)cc2)cc1OC.I. The van der Waals surface area contributed by atoms with E-state index in [2.05, 4.69) is 10.3 Å². The summed E-state index contributed by atoms with van der Waals surface area (Å²) in [6, 6.07) is 13.9. The third-order valence-electron chi connectivity index (χ3n) is 3.45. The summed E-state index contributed by atoms with van der Waals surface area (Å²) in [5, 5.41) is 3.08. The molecule has 0 saturated carbocycles. The number of nitrogens with zero attached hydrogens (tertiary/aromatic N) is 1. The quantitative estimate of drug-likeness (QED) is 0.409. The van der Waals surface area contributed by atoms with Gasteiger partial charge in [-0.05, 0) is 43.2 Å². The van der Waals surface area contributed by atoms with Crippen molar-refractivity contribution in [3.05, 3.63) is 53.6 Å². The van der Waals surface area contributed by atoms with Crippen molar-refractivity contribution in [1.82, 2.24) is 0 Å². The molecule has 0 unspecified atom stereocenters. The highest BCUT2D eigenvalue weighted by molar-refractivity contribution is 14.0. The van der Waals surface area contributed by atoms with Crippen LogP contribution in [0.4, 0.5) is 5.69 Å². The van der Waals surface area contributed by atoms with Gasteiger partial charge in [0.2, 0.25) is 0 Å². The zero-order chi connectivity index (χ0) is 16.7. The Morgan fingerprint density at radius 3 is 2.33 bits per heavy atom. The van der Waals surface area contributed by atoms with Crippen molar-refractivity contribution in [2.75, 3.05) is 26.1 Å². The molecule has 2 rings (SSSR count). The molecule has 0 amide bonds. The summed E-state index contributed by atoms with van der Waals surface area (Å²) in [6.07, 6.45) is 0.774. The molecular weight excluding hydrogens is 417 g/mol. The Hall–Kier alpha value is -1.96. The molecule has 24 heavy (non-hydrogen) atoms. The molecule has 0 radical (unpaired) electrons. The van der Waals surface area contributed by atoms with E-state index in [1.54, 1.807) is 14.2 Å². The van der Waals surface area contributed by atoms with Gasteiger partial charge in [0.15, 0.2) is 17.5 Å². The molecule has 0 bridgehead atoms. The summed E-state index contributed by atoms with van der Waals surface area (Å²) in [5.74, 6) is 1.86. The van der Waals surface area contributed by atoms with Crippen LogP contribution >= 0.6 is 24.0 Å². The first-order valence-electron chi connectivity index (χ1n) is 7.47. The highest BCUT2D eigenvalue weighted by atomic mass is 127. The molecule has 0 atom stereocenters. The second kappa shape index (κ2) is 10.0. The molecule has 0 aliphatic heterocycles. The average Bonchev–Trinajstić information content (AvgIpc) is 2.56. The molecule has 0 aliphatic carbocycles. The second-order valence-corrected chi connectivity index (χ2v) is 5.20. The molecule has 2 aromatic rings. The minimum absolute atomic E-state index is 0. The van der Waals surface area contributed by atoms with E-state index in [4.69, 9.17) is 15.2 Å². The summed E-state index contributed by atoms with van der Waals surface area (Å²) in [4.78, 5) is 4.35. The number of hydrogen-bond donors (Lipinski definition) is 2. The maximum atomic E-state index is 5.90. The van der Waals surface area contributed by atoms with Crippen LogP contribution in [-0.4, -0.2) is 26.7 Å². The standard InChI is InChI=1S/C18H23N3O2.HI/c1-13-4-7-15(8-5-13)21-18(19)20-11-10-14-6-9-16(22-2)17(12-14)23-3;/h4-9,12H,10-11H2,1-3H3,(H3,19,20,21);1H. The summed E-state index contributed by atoms with van der Waals surface area (Å²) in [5.41, 5.74) is 9.16. The van der Waals surface area contributed by atoms with Crippen LogP contribution in [0, 0.1) is 6.92 Å². The van der Waals surface area contributed by atoms with Crippen molar-refractivity contribution in [2.45, 2.75) is 13.3 Å². The van der Waals surface area contributed by atoms with Gasteiger partial charge in [0.05, 0.1) is 14.2 Å². The van der Waals surface area contributed by atoms with E-state index in [-0.39, 0.29) is 24.0 Å². The Balaban J connectivity index is 0.00000288. The van der Waals surface area contributed by atoms with Crippen molar-refractivity contribution in [3.63, 3.8) is 0 Å². The van der Waals surface area contributed by atoms with Gasteiger partial charge in [-0.2, -0.15) is 0 Å². The lowest BCUT2D eigenvalue weighted by Crippen LogP contribution is -2.23. The molecule has 0 spiro atoms. The van der Waals surface area contributed by atoms with Crippen molar-refractivity contribution >= 4 is 35.6 Å². The van der Waals surface area contributed by atoms with Gasteiger partial charge in [-0.1, -0.05) is 23.8 Å². The van der Waals surface area contributed by atoms with Gasteiger partial charge < -0.3 is 20.5 Å². The topological polar surface area (TPSA) is 68.9 Å². The first kappa shape index (κ1) is 20.1. The number of nitrogens with one attached hydrogen (secondary N) is 1. The number of aliphatic imine (C=N–C) groups is 1. The average molecular weight is 441 g/mol. The van der Waals surface area contributed by atoms with Crippen LogP contribution in [0.3, 0.4) is 0 Å². The normalized spacial score (nSPS) is 10.7. The second-order valence-electron chi connectivity index (χ2n) is 5.20. The van der Waals surface area contributed by atoms with Gasteiger partial charge in [0, 0.05) is 12.2 Å². The van der Waals surface area contributed by atoms with Gasteiger partial charge in [0.1, 0.15) is 0 Å². The third-order valence-corrected chi connectivity index (χ3v) is 3.45. The van der Waals surface area contributed by atoms with Crippen molar-refractivity contribution in [3.8, 4) is 11.5 Å². The van der Waals surface area contributed by atoms with E-state index in [9.17, 15) is 0 Å². The number of rotatable bonds is 6. The number of aryl methyl sites for hydroxylation is 1. The molecule has 5 nitrogen and oxygen atoms in total. The van der Waals surface area contributed by atoms with E-state index in [0.717, 1.165) is 29.2 Å². The van der Waals surface area contributed by atoms with Gasteiger partial charge in [0.25, 0.3) is 0 Å². The number of guanidine groups is 1. The minimum atomic E-state index is 0. The van der Waals surface area contributed by atoms with E-state index in [0.29, 0.717) is 12.5 Å². The molecule has 0 saturated heterocycles. The lowest BCUT2D eigenvalue weighted by Gasteiger charge is -2.09. The van der Waals surface area contributed by atoms with Crippen LogP contribution in [0.1, 0.15) is 11.1 Å². The lowest BCUT2D eigenvalue weighted by molar-refractivity contribution is 0.354. The number of nitrogens with two attached hydrogens (primary N) is 1. The smallest absolute Gasteiger partial charge is 0.193 e. The number of ether oxygens (including phenoxy) is 2. The highest BCUT2D eigenvalue weighted by Crippen LogP contribution is 2.27. The Morgan fingerprint density at radius 2 is 1.71 bits per heavy atom. The number of methoxy groups -OCH3 is 2. The molecule has 3 N–H and O–H groups in total. The Bertz CT molecular complexity index is 672. The molecule has 130 valence electrons. The first-order chi connectivity index (χ1) is 11.1. The van der Waals surface area contributed by atoms with Crippen molar-refractivity contribution < 1.29 is 9.47 Å². The van der Waals surface area contributed by atoms with E-state index >= 15 is 0 Å². The van der Waals surface area contributed by atoms with Crippen LogP contribution in [0.5, 0.6) is 11.5 Å². The Kier molecular flexibility index (Phi) is 8.39. The van der Waals surface area contributed by atoms with Crippen LogP contribution in [-0.2, 0) is 6.42 Å². The molecular formula is C18H24IN3O2. The maximum absolute atomic E-state index is 5.90. The summed E-state index contributed by atoms with van der Waals surface area (Å²) >= 11 is 0. The van der Waals surface area contributed by atoms with Crippen LogP contribution < -0.4 is 20.5 Å². The van der Waals surface area contributed by atoms with E-state index in [1.807, 2.05) is 49.4 Å². The Labute approximate surface area is 160 Å². The van der Waals surface area contributed by atoms with Crippen LogP contribution in [0.2, 0.25) is 0 Å². The molecule has 0 fully saturated rings. The Morgan fingerprint density at radius 1 is 1.04 bits per heavy atom. The molecule has 6 heteroatoms. The zero-order valence-corrected chi connectivity index (χ0v) is 16.5. The monoisotopic (exact) mass is 441 g/mol. The van der Waals surface area contributed by atoms with Gasteiger partial charge in [-0.25, -0.2) is 0 Å². The fourth-order valence-corrected chi connectivity index (χ4v) is 2.17. The summed E-state index contributed by atoms with van der Waals surface area (Å²) in [6.45, 7) is 2.64. The van der Waals surface area contributed by atoms with Gasteiger partial charge in [-0.3, -0.25) is 4.99 Å². The first-order valence-corrected chi connectivity index (χ1v) is 7.47. The van der Waals surface area contributed by atoms with Gasteiger partial charge in [-0.15, -0.1) is 24.0 Å². The summed E-state index contributed by atoms with van der Waals surface area (Å²) < 4.78 is 10.5. The number of hydrogen-bond acceptors (Lipinski definition) is 3. The lowest BCUT2D eigenvalue weighted by atomic mass is 10.1. The van der Waals surface area contributed by atoms with Crippen LogP contribution in [0.15, 0.2) is 47.5 Å². The predicted molar refractivity (Wildman–Crippen MR) is 110 cm³/mol. The minimum Gasteiger partial charge on any atom is -0.493 e. The van der Waals surface area contributed by atoms with Crippen molar-refractivity contribution in [1.29, 1.82) is 0 Å². The number of halogens is 1. The molecule has 0 aliphatic rings. The van der Waals surface area contributed by atoms with Crippen LogP contribution in [0.25, 0.3) is 0 Å². The molecule has 2 aromatic carbocycles. The van der Waals surface area contributed by atoms with E-state index < -0.39 is 0 Å². The summed E-state index contributed by atoms with van der Waals surface area (Å²) in [7, 11) is 3.25. The fraction of sp³-hybridized carbons (Fsp3) is 0.278. The largest absolute Gasteiger partial charge is 0.493 e. The predicted octanol–water partition coefficient (Wildman–Crippen LogP) is 3.60. The molecule has 0 aromatic heterocycles. The third kappa shape index (κ3) is 5.92. The van der Waals surface area contributed by atoms with Gasteiger partial charge >= 0.3 is 0 Å². The highest BCUT2D eigenvalue weighted by Gasteiger charge is 2.04. The molecule has 0 heterocycles. The van der Waals surface area contributed by atoms with Crippen molar-refractivity contribution in [2.24, 2.45) is 10.7 Å². The number of benzene rings is 2. The fourth-order valence-electron chi connectivity index (χ4n) is 2.17. The number of anilines is 1. The maximum Gasteiger partial charge on any atom is 0.193 e. The zero-order valence-electron chi connectivity index (χ0n) is 14.2.